The molecule has 7 heteroatoms. The number of nitrogens with zero attached hydrogens (tertiary/aromatic N) is 4. The van der Waals surface area contributed by atoms with Gasteiger partial charge < -0.3 is 9.47 Å². The number of rotatable bonds is 3. The van der Waals surface area contributed by atoms with Gasteiger partial charge in [-0.05, 0) is 43.2 Å². The summed E-state index contributed by atoms with van der Waals surface area (Å²) in [6.45, 7) is 1.12. The van der Waals surface area contributed by atoms with Crippen LogP contribution in [0.5, 0.6) is 0 Å². The van der Waals surface area contributed by atoms with E-state index in [-0.39, 0.29) is 22.8 Å². The smallest absolute Gasteiger partial charge is 0.256 e. The molecular formula is C19H20F2N4O. The standard InChI is InChI=1S/C19H20F2N4O/c20-12-2-5-14(16(21)8-12)18(26)24-9-15(19(10-24)6-1-7-19)17-23-22-11-25(17)13-3-4-13/h2,5,8,11,13,15H,1,3-4,6-7,9-10H2. The minimum absolute atomic E-state index is 0.0197. The number of carbonyl (C=O) groups is 1. The molecule has 136 valence electrons. The molecule has 1 atom stereocenters. The van der Waals surface area contributed by atoms with Gasteiger partial charge in [0.25, 0.3) is 5.91 Å². The van der Waals surface area contributed by atoms with Crippen molar-refractivity contribution in [2.24, 2.45) is 5.41 Å². The second-order valence-electron chi connectivity index (χ2n) is 7.91. The molecule has 1 saturated heterocycles. The molecular weight excluding hydrogens is 338 g/mol. The van der Waals surface area contributed by atoms with Crippen molar-refractivity contribution in [1.82, 2.24) is 19.7 Å². The van der Waals surface area contributed by atoms with E-state index in [0.29, 0.717) is 19.1 Å². The number of likely N-dealkylation sites (tertiary alicyclic amines) is 1. The Morgan fingerprint density at radius 2 is 2.04 bits per heavy atom. The molecule has 3 fully saturated rings. The lowest BCUT2D eigenvalue weighted by molar-refractivity contribution is 0.0718. The molecule has 0 bridgehead atoms. The van der Waals surface area contributed by atoms with Crippen LogP contribution in [0.25, 0.3) is 0 Å². The zero-order valence-corrected chi connectivity index (χ0v) is 14.4. The second kappa shape index (κ2) is 5.59. The van der Waals surface area contributed by atoms with E-state index in [2.05, 4.69) is 14.8 Å². The van der Waals surface area contributed by atoms with E-state index in [1.807, 2.05) is 0 Å². The van der Waals surface area contributed by atoms with Crippen molar-refractivity contribution in [2.45, 2.75) is 44.1 Å². The SMILES string of the molecule is O=C(c1ccc(F)cc1F)N1CC(c2nncn2C2CC2)C2(CCC2)C1. The second-order valence-corrected chi connectivity index (χ2v) is 7.91. The van der Waals surface area contributed by atoms with Gasteiger partial charge in [0.05, 0.1) is 5.56 Å². The summed E-state index contributed by atoms with van der Waals surface area (Å²) in [6.07, 6.45) is 7.32. The lowest BCUT2D eigenvalue weighted by atomic mass is 9.62. The van der Waals surface area contributed by atoms with Crippen molar-refractivity contribution in [2.75, 3.05) is 13.1 Å². The fourth-order valence-corrected chi connectivity index (χ4v) is 4.58. The van der Waals surface area contributed by atoms with Crippen LogP contribution in [0.3, 0.4) is 0 Å². The zero-order chi connectivity index (χ0) is 17.9. The first kappa shape index (κ1) is 15.9. The van der Waals surface area contributed by atoms with Gasteiger partial charge in [0.15, 0.2) is 0 Å². The van der Waals surface area contributed by atoms with Gasteiger partial charge in [-0.1, -0.05) is 6.42 Å². The van der Waals surface area contributed by atoms with Crippen molar-refractivity contribution < 1.29 is 13.6 Å². The summed E-state index contributed by atoms with van der Waals surface area (Å²) in [4.78, 5) is 14.6. The maximum atomic E-state index is 14.1. The van der Waals surface area contributed by atoms with Gasteiger partial charge in [-0.15, -0.1) is 10.2 Å². The lowest BCUT2D eigenvalue weighted by Gasteiger charge is -2.42. The molecule has 1 spiro atoms. The molecule has 2 heterocycles. The van der Waals surface area contributed by atoms with E-state index in [0.717, 1.165) is 50.1 Å². The summed E-state index contributed by atoms with van der Waals surface area (Å²) < 4.78 is 29.4. The van der Waals surface area contributed by atoms with Crippen LogP contribution in [0.15, 0.2) is 24.5 Å². The normalized spacial score (nSPS) is 24.1. The molecule has 5 nitrogen and oxygen atoms in total. The fraction of sp³-hybridized carbons (Fsp3) is 0.526. The van der Waals surface area contributed by atoms with E-state index in [1.54, 1.807) is 11.2 Å². The highest BCUT2D eigenvalue weighted by Gasteiger charge is 2.54. The third kappa shape index (κ3) is 2.36. The van der Waals surface area contributed by atoms with Crippen LogP contribution < -0.4 is 0 Å². The summed E-state index contributed by atoms with van der Waals surface area (Å²) in [5.74, 6) is -0.753. The molecule has 5 rings (SSSR count). The Morgan fingerprint density at radius 1 is 1.23 bits per heavy atom. The molecule has 2 aromatic rings. The number of halogens is 2. The number of carbonyl (C=O) groups excluding carboxylic acids is 1. The number of amides is 1. The largest absolute Gasteiger partial charge is 0.337 e. The summed E-state index contributed by atoms with van der Waals surface area (Å²) in [5, 5.41) is 8.50. The molecule has 0 radical (unpaired) electrons. The van der Waals surface area contributed by atoms with Crippen LogP contribution in [0, 0.1) is 17.0 Å². The van der Waals surface area contributed by atoms with Gasteiger partial charge in [-0.25, -0.2) is 8.78 Å². The Bertz CT molecular complexity index is 872. The minimum Gasteiger partial charge on any atom is -0.337 e. The molecule has 1 unspecified atom stereocenters. The average Bonchev–Trinajstić information content (AvgIpc) is 3.17. The van der Waals surface area contributed by atoms with Crippen molar-refractivity contribution in [3.05, 3.63) is 47.5 Å². The van der Waals surface area contributed by atoms with Crippen LogP contribution in [0.4, 0.5) is 8.78 Å². The highest BCUT2D eigenvalue weighted by molar-refractivity contribution is 5.94. The summed E-state index contributed by atoms with van der Waals surface area (Å²) in [5.41, 5.74) is -0.0450. The van der Waals surface area contributed by atoms with Crippen LogP contribution in [-0.2, 0) is 0 Å². The van der Waals surface area contributed by atoms with Gasteiger partial charge in [-0.2, -0.15) is 0 Å². The van der Waals surface area contributed by atoms with E-state index < -0.39 is 11.6 Å². The van der Waals surface area contributed by atoms with Gasteiger partial charge in [0.1, 0.15) is 23.8 Å². The number of aromatic nitrogens is 3. The van der Waals surface area contributed by atoms with Crippen LogP contribution >= 0.6 is 0 Å². The predicted octanol–water partition coefficient (Wildman–Crippen LogP) is 3.30. The highest BCUT2D eigenvalue weighted by atomic mass is 19.1. The lowest BCUT2D eigenvalue weighted by Crippen LogP contribution is -2.38. The number of hydrogen-bond acceptors (Lipinski definition) is 3. The third-order valence-electron chi connectivity index (χ3n) is 6.30. The van der Waals surface area contributed by atoms with Gasteiger partial charge in [-0.3, -0.25) is 4.79 Å². The van der Waals surface area contributed by atoms with Crippen molar-refractivity contribution in [1.29, 1.82) is 0 Å². The Labute approximate surface area is 150 Å². The van der Waals surface area contributed by atoms with E-state index in [9.17, 15) is 13.6 Å². The van der Waals surface area contributed by atoms with Crippen molar-refractivity contribution >= 4 is 5.91 Å². The Hall–Kier alpha value is -2.31. The van der Waals surface area contributed by atoms with Gasteiger partial charge in [0, 0.05) is 31.1 Å². The zero-order valence-electron chi connectivity index (χ0n) is 14.4. The first-order valence-corrected chi connectivity index (χ1v) is 9.21. The van der Waals surface area contributed by atoms with Crippen molar-refractivity contribution in [3.8, 4) is 0 Å². The summed E-state index contributed by atoms with van der Waals surface area (Å²) >= 11 is 0. The van der Waals surface area contributed by atoms with E-state index in [1.165, 1.54) is 6.07 Å². The highest BCUT2D eigenvalue weighted by Crippen LogP contribution is 2.56. The van der Waals surface area contributed by atoms with Gasteiger partial charge in [0.2, 0.25) is 0 Å². The summed E-state index contributed by atoms with van der Waals surface area (Å²) in [6, 6.07) is 3.62. The number of hydrogen-bond donors (Lipinski definition) is 0. The maximum Gasteiger partial charge on any atom is 0.256 e. The molecule has 2 saturated carbocycles. The third-order valence-corrected chi connectivity index (χ3v) is 6.30. The molecule has 0 N–H and O–H groups in total. The maximum absolute atomic E-state index is 14.1. The monoisotopic (exact) mass is 358 g/mol. The topological polar surface area (TPSA) is 51.0 Å². The van der Waals surface area contributed by atoms with Crippen LogP contribution in [0.1, 0.15) is 60.2 Å². The molecule has 1 aliphatic heterocycles. The van der Waals surface area contributed by atoms with E-state index in [4.69, 9.17) is 0 Å². The summed E-state index contributed by atoms with van der Waals surface area (Å²) in [7, 11) is 0. The minimum atomic E-state index is -0.803. The van der Waals surface area contributed by atoms with E-state index >= 15 is 0 Å². The van der Waals surface area contributed by atoms with Crippen LogP contribution in [0.2, 0.25) is 0 Å². The molecule has 26 heavy (non-hydrogen) atoms. The van der Waals surface area contributed by atoms with Gasteiger partial charge >= 0.3 is 0 Å². The predicted molar refractivity (Wildman–Crippen MR) is 89.6 cm³/mol. The molecule has 2 aliphatic carbocycles. The Kier molecular flexibility index (Phi) is 3.42. The van der Waals surface area contributed by atoms with Crippen LogP contribution in [-0.4, -0.2) is 38.7 Å². The molecule has 1 amide bonds. The average molecular weight is 358 g/mol. The molecule has 3 aliphatic rings. The first-order valence-electron chi connectivity index (χ1n) is 9.21. The molecule has 1 aromatic heterocycles. The Morgan fingerprint density at radius 3 is 2.69 bits per heavy atom. The Balaban J connectivity index is 1.45. The first-order chi connectivity index (χ1) is 12.6. The quantitative estimate of drug-likeness (QED) is 0.846. The molecule has 1 aromatic carbocycles. The number of benzene rings is 1. The fourth-order valence-electron chi connectivity index (χ4n) is 4.58. The van der Waals surface area contributed by atoms with Crippen molar-refractivity contribution in [3.63, 3.8) is 0 Å².